The van der Waals surface area contributed by atoms with Crippen molar-refractivity contribution >= 4 is 35.0 Å². The van der Waals surface area contributed by atoms with Gasteiger partial charge < -0.3 is 5.73 Å². The van der Waals surface area contributed by atoms with Crippen LogP contribution in [0.3, 0.4) is 0 Å². The maximum atomic E-state index is 12.0. The van der Waals surface area contributed by atoms with Crippen LogP contribution in [-0.4, -0.2) is 6.43 Å². The molecule has 80 valence electrons. The van der Waals surface area contributed by atoms with E-state index < -0.39 is 12.5 Å². The van der Waals surface area contributed by atoms with Crippen LogP contribution < -0.4 is 5.73 Å². The molecule has 0 aliphatic heterocycles. The fourth-order valence-corrected chi connectivity index (χ4v) is 1.40. The summed E-state index contributed by atoms with van der Waals surface area (Å²) in [6.07, 6.45) is -2.62. The average Bonchev–Trinajstić information content (AvgIpc) is 2.04. The summed E-state index contributed by atoms with van der Waals surface area (Å²) in [6, 6.07) is 6.74. The van der Waals surface area contributed by atoms with E-state index in [9.17, 15) is 8.78 Å². The van der Waals surface area contributed by atoms with Gasteiger partial charge in [0.15, 0.2) is 0 Å². The van der Waals surface area contributed by atoms with Gasteiger partial charge in [-0.1, -0.05) is 12.1 Å². The molecule has 0 radical (unpaired) electrons. The maximum Gasteiger partial charge on any atom is 0.240 e. The van der Waals surface area contributed by atoms with Gasteiger partial charge in [-0.05, 0) is 40.3 Å². The molecule has 0 aliphatic carbocycles. The van der Waals surface area contributed by atoms with Crippen LogP contribution >= 0.6 is 35.0 Å². The molecule has 1 aromatic rings. The molecule has 0 unspecified atom stereocenters. The number of nitrogens with two attached hydrogens (primary N) is 1. The van der Waals surface area contributed by atoms with E-state index in [0.717, 1.165) is 9.13 Å². The number of hydrogen-bond donors (Lipinski definition) is 1. The molecule has 1 nitrogen and oxygen atoms in total. The maximum absolute atomic E-state index is 12.0. The lowest BCUT2D eigenvalue weighted by atomic mass is 10.1. The van der Waals surface area contributed by atoms with Gasteiger partial charge in [0.05, 0.1) is 0 Å². The summed E-state index contributed by atoms with van der Waals surface area (Å²) in [4.78, 5) is 0. The SMILES string of the molecule is Cl.N[C@@H](CC(F)F)c1ccc(I)cc1. The Labute approximate surface area is 102 Å². The summed E-state index contributed by atoms with van der Waals surface area (Å²) in [5, 5.41) is 0. The fraction of sp³-hybridized carbons (Fsp3) is 0.333. The zero-order valence-electron chi connectivity index (χ0n) is 7.29. The molecule has 5 heteroatoms. The fourth-order valence-electron chi connectivity index (χ4n) is 1.04. The molecule has 1 aromatic carbocycles. The first kappa shape index (κ1) is 14.1. The van der Waals surface area contributed by atoms with Crippen LogP contribution in [-0.2, 0) is 0 Å². The number of benzene rings is 1. The van der Waals surface area contributed by atoms with E-state index >= 15 is 0 Å². The van der Waals surface area contributed by atoms with Crippen molar-refractivity contribution < 1.29 is 8.78 Å². The van der Waals surface area contributed by atoms with E-state index in [0.29, 0.717) is 0 Å². The van der Waals surface area contributed by atoms with Gasteiger partial charge in [-0.15, -0.1) is 12.4 Å². The summed E-state index contributed by atoms with van der Waals surface area (Å²) >= 11 is 2.16. The number of rotatable bonds is 3. The Hall–Kier alpha value is 0.0600. The molecular formula is C9H11ClF2IN. The van der Waals surface area contributed by atoms with Gasteiger partial charge in [-0.25, -0.2) is 8.78 Å². The van der Waals surface area contributed by atoms with Crippen LogP contribution in [0, 0.1) is 3.57 Å². The smallest absolute Gasteiger partial charge is 0.240 e. The first-order valence-electron chi connectivity index (χ1n) is 3.89. The average molecular weight is 334 g/mol. The second-order valence-electron chi connectivity index (χ2n) is 2.78. The summed E-state index contributed by atoms with van der Waals surface area (Å²) in [6.45, 7) is 0. The third-order valence-electron chi connectivity index (χ3n) is 1.73. The van der Waals surface area contributed by atoms with Crippen molar-refractivity contribution in [2.24, 2.45) is 5.73 Å². The van der Waals surface area contributed by atoms with Crippen LogP contribution in [0.4, 0.5) is 8.78 Å². The number of hydrogen-bond acceptors (Lipinski definition) is 1. The minimum Gasteiger partial charge on any atom is -0.324 e. The lowest BCUT2D eigenvalue weighted by Crippen LogP contribution is -2.13. The van der Waals surface area contributed by atoms with Gasteiger partial charge in [0, 0.05) is 16.0 Å². The highest BCUT2D eigenvalue weighted by molar-refractivity contribution is 14.1. The molecule has 2 N–H and O–H groups in total. The van der Waals surface area contributed by atoms with Gasteiger partial charge in [-0.3, -0.25) is 0 Å². The van der Waals surface area contributed by atoms with Gasteiger partial charge in [0.25, 0.3) is 0 Å². The standard InChI is InChI=1S/C9H10F2IN.ClH/c10-9(11)5-8(13)6-1-3-7(12)4-2-6;/h1-4,8-9H,5,13H2;1H/t8-;/m0./s1. The van der Waals surface area contributed by atoms with Crippen molar-refractivity contribution in [2.75, 3.05) is 0 Å². The van der Waals surface area contributed by atoms with E-state index in [-0.39, 0.29) is 18.8 Å². The monoisotopic (exact) mass is 333 g/mol. The second kappa shape index (κ2) is 6.53. The zero-order chi connectivity index (χ0) is 9.84. The number of halogens is 4. The topological polar surface area (TPSA) is 26.0 Å². The van der Waals surface area contributed by atoms with E-state index in [4.69, 9.17) is 5.73 Å². The molecule has 0 bridgehead atoms. The lowest BCUT2D eigenvalue weighted by Gasteiger charge is -2.10. The molecule has 1 rings (SSSR count). The highest BCUT2D eigenvalue weighted by atomic mass is 127. The Balaban J connectivity index is 0.00000169. The van der Waals surface area contributed by atoms with Crippen molar-refractivity contribution in [3.8, 4) is 0 Å². The van der Waals surface area contributed by atoms with Crippen LogP contribution in [0.25, 0.3) is 0 Å². The summed E-state index contributed by atoms with van der Waals surface area (Å²) in [5.74, 6) is 0. The lowest BCUT2D eigenvalue weighted by molar-refractivity contribution is 0.128. The predicted octanol–water partition coefficient (Wildman–Crippen LogP) is 3.37. The molecule has 0 amide bonds. The Kier molecular flexibility index (Phi) is 6.55. The third kappa shape index (κ3) is 4.52. The van der Waals surface area contributed by atoms with Crippen molar-refractivity contribution in [1.82, 2.24) is 0 Å². The van der Waals surface area contributed by atoms with Crippen LogP contribution in [0.5, 0.6) is 0 Å². The number of alkyl halides is 2. The Morgan fingerprint density at radius 2 is 1.71 bits per heavy atom. The highest BCUT2D eigenvalue weighted by Gasteiger charge is 2.12. The molecule has 0 heterocycles. The molecule has 0 aliphatic rings. The minimum atomic E-state index is -2.34. The molecule has 0 aromatic heterocycles. The molecule has 1 atom stereocenters. The molecule has 0 fully saturated rings. The second-order valence-corrected chi connectivity index (χ2v) is 4.03. The first-order valence-corrected chi connectivity index (χ1v) is 4.96. The summed E-state index contributed by atoms with van der Waals surface area (Å²) in [7, 11) is 0. The van der Waals surface area contributed by atoms with E-state index in [1.54, 1.807) is 12.1 Å². The Morgan fingerprint density at radius 3 is 2.14 bits per heavy atom. The van der Waals surface area contributed by atoms with Gasteiger partial charge >= 0.3 is 0 Å². The Bertz CT molecular complexity index is 266. The van der Waals surface area contributed by atoms with Gasteiger partial charge in [-0.2, -0.15) is 0 Å². The van der Waals surface area contributed by atoms with Crippen LogP contribution in [0.1, 0.15) is 18.0 Å². The van der Waals surface area contributed by atoms with Crippen LogP contribution in [0.15, 0.2) is 24.3 Å². The van der Waals surface area contributed by atoms with E-state index in [1.165, 1.54) is 0 Å². The molecule has 14 heavy (non-hydrogen) atoms. The van der Waals surface area contributed by atoms with Gasteiger partial charge in [0.2, 0.25) is 6.43 Å². The highest BCUT2D eigenvalue weighted by Crippen LogP contribution is 2.18. The summed E-state index contributed by atoms with van der Waals surface area (Å²) < 4.78 is 25.0. The normalized spacial score (nSPS) is 12.4. The molecule has 0 spiro atoms. The van der Waals surface area contributed by atoms with Gasteiger partial charge in [0.1, 0.15) is 0 Å². The largest absolute Gasteiger partial charge is 0.324 e. The van der Waals surface area contributed by atoms with Crippen molar-refractivity contribution in [1.29, 1.82) is 0 Å². The first-order chi connectivity index (χ1) is 6.09. The van der Waals surface area contributed by atoms with Crippen molar-refractivity contribution in [2.45, 2.75) is 18.9 Å². The van der Waals surface area contributed by atoms with E-state index in [2.05, 4.69) is 22.6 Å². The molecule has 0 saturated heterocycles. The summed E-state index contributed by atoms with van der Waals surface area (Å²) in [5.41, 5.74) is 6.33. The minimum absolute atomic E-state index is 0. The van der Waals surface area contributed by atoms with Crippen molar-refractivity contribution in [3.05, 3.63) is 33.4 Å². The molecular weight excluding hydrogens is 322 g/mol. The predicted molar refractivity (Wildman–Crippen MR) is 64.0 cm³/mol. The van der Waals surface area contributed by atoms with Crippen molar-refractivity contribution in [3.63, 3.8) is 0 Å². The quantitative estimate of drug-likeness (QED) is 0.843. The van der Waals surface area contributed by atoms with E-state index in [1.807, 2.05) is 12.1 Å². The molecule has 0 saturated carbocycles. The third-order valence-corrected chi connectivity index (χ3v) is 2.45. The Morgan fingerprint density at radius 1 is 1.21 bits per heavy atom. The zero-order valence-corrected chi connectivity index (χ0v) is 10.3. The van der Waals surface area contributed by atoms with Crippen LogP contribution in [0.2, 0.25) is 0 Å².